The number of carbonyl (C=O) groups excluding carboxylic acids is 1. The number of para-hydroxylation sites is 1. The number of amides is 1. The number of nitro benzene ring substituents is 1. The molecule has 1 aliphatic rings. The van der Waals surface area contributed by atoms with Gasteiger partial charge in [0.05, 0.1) is 4.92 Å². The molecular weight excluding hydrogens is 274 g/mol. The molecule has 1 amide bonds. The van der Waals surface area contributed by atoms with E-state index in [2.05, 4.69) is 10.7 Å². The molecule has 21 heavy (non-hydrogen) atoms. The number of hydrogen-bond donors (Lipinski definition) is 3. The summed E-state index contributed by atoms with van der Waals surface area (Å²) in [5.41, 5.74) is 2.61. The molecule has 1 atom stereocenters. The van der Waals surface area contributed by atoms with Gasteiger partial charge in [-0.15, -0.1) is 0 Å². The summed E-state index contributed by atoms with van der Waals surface area (Å²) in [7, 11) is 0. The van der Waals surface area contributed by atoms with Crippen molar-refractivity contribution in [3.63, 3.8) is 0 Å². The molecule has 8 nitrogen and oxygen atoms in total. The molecule has 1 saturated heterocycles. The lowest BCUT2D eigenvalue weighted by molar-refractivity contribution is -0.383. The van der Waals surface area contributed by atoms with E-state index in [1.807, 2.05) is 0 Å². The molecule has 0 aromatic heterocycles. The molecular formula is C13H19N5O3. The summed E-state index contributed by atoms with van der Waals surface area (Å²) >= 11 is 0. The monoisotopic (exact) mass is 293 g/mol. The summed E-state index contributed by atoms with van der Waals surface area (Å²) in [6, 6.07) is 4.18. The van der Waals surface area contributed by atoms with E-state index < -0.39 is 11.0 Å². The summed E-state index contributed by atoms with van der Waals surface area (Å²) in [5.74, 6) is 5.24. The minimum Gasteiger partial charge on any atom is -0.368 e. The Morgan fingerprint density at radius 3 is 2.57 bits per heavy atom. The first kappa shape index (κ1) is 15.0. The summed E-state index contributed by atoms with van der Waals surface area (Å²) in [4.78, 5) is 24.7. The summed E-state index contributed by atoms with van der Waals surface area (Å²) < 4.78 is 0. The number of hydrazine groups is 1. The van der Waals surface area contributed by atoms with E-state index >= 15 is 0 Å². The maximum Gasteiger partial charge on any atom is 0.316 e. The molecule has 1 unspecified atom stereocenters. The number of benzene rings is 1. The van der Waals surface area contributed by atoms with Crippen molar-refractivity contribution >= 4 is 23.0 Å². The van der Waals surface area contributed by atoms with Crippen LogP contribution in [0, 0.1) is 10.1 Å². The number of nitro groups is 1. The molecule has 114 valence electrons. The number of nitrogens with two attached hydrogens (primary N) is 1. The Balaban J connectivity index is 2.18. The Kier molecular flexibility index (Phi) is 4.59. The number of likely N-dealkylation sites (tertiary alicyclic amines) is 1. The first-order chi connectivity index (χ1) is 10.0. The van der Waals surface area contributed by atoms with Gasteiger partial charge in [-0.1, -0.05) is 6.07 Å². The summed E-state index contributed by atoms with van der Waals surface area (Å²) in [6.07, 6.45) is 2.01. The van der Waals surface area contributed by atoms with Gasteiger partial charge in [0.15, 0.2) is 0 Å². The van der Waals surface area contributed by atoms with Gasteiger partial charge in [0, 0.05) is 13.1 Å². The molecule has 2 rings (SSSR count). The standard InChI is InChI=1S/C13H19N5O3/c1-9(13(19)17-7-2-3-8-17)15-10-5-4-6-11(16-14)12(10)18(20)21/h4-6,9,15-16H,2-3,7-8,14H2,1H3. The van der Waals surface area contributed by atoms with Gasteiger partial charge in [-0.05, 0) is 31.9 Å². The Labute approximate surface area is 122 Å². The lowest BCUT2D eigenvalue weighted by Gasteiger charge is -2.22. The predicted octanol–water partition coefficient (Wildman–Crippen LogP) is 1.30. The van der Waals surface area contributed by atoms with Crippen LogP contribution in [0.15, 0.2) is 18.2 Å². The van der Waals surface area contributed by atoms with Crippen molar-refractivity contribution in [1.82, 2.24) is 4.90 Å². The molecule has 0 aliphatic carbocycles. The van der Waals surface area contributed by atoms with Crippen LogP contribution in [0.4, 0.5) is 17.1 Å². The molecule has 1 aromatic carbocycles. The molecule has 1 heterocycles. The van der Waals surface area contributed by atoms with Gasteiger partial charge in [0.2, 0.25) is 5.91 Å². The highest BCUT2D eigenvalue weighted by atomic mass is 16.6. The van der Waals surface area contributed by atoms with Crippen molar-refractivity contribution in [2.75, 3.05) is 23.8 Å². The van der Waals surface area contributed by atoms with Crippen molar-refractivity contribution in [2.24, 2.45) is 5.84 Å². The smallest absolute Gasteiger partial charge is 0.316 e. The molecule has 0 saturated carbocycles. The van der Waals surface area contributed by atoms with Gasteiger partial charge in [-0.3, -0.25) is 20.8 Å². The van der Waals surface area contributed by atoms with Crippen molar-refractivity contribution < 1.29 is 9.72 Å². The summed E-state index contributed by atoms with van der Waals surface area (Å²) in [5, 5.41) is 14.1. The minimum atomic E-state index is -0.533. The van der Waals surface area contributed by atoms with Crippen molar-refractivity contribution in [1.29, 1.82) is 0 Å². The number of hydrogen-bond acceptors (Lipinski definition) is 6. The molecule has 4 N–H and O–H groups in total. The third-order valence-electron chi connectivity index (χ3n) is 3.53. The van der Waals surface area contributed by atoms with E-state index in [1.54, 1.807) is 24.0 Å². The van der Waals surface area contributed by atoms with Gasteiger partial charge in [0.25, 0.3) is 0 Å². The fourth-order valence-electron chi connectivity index (χ4n) is 2.48. The SMILES string of the molecule is CC(Nc1cccc(NN)c1[N+](=O)[O-])C(=O)N1CCCC1. The van der Waals surface area contributed by atoms with Gasteiger partial charge >= 0.3 is 5.69 Å². The Bertz CT molecular complexity index is 543. The number of nitrogens with zero attached hydrogens (tertiary/aromatic N) is 2. The van der Waals surface area contributed by atoms with Crippen LogP contribution >= 0.6 is 0 Å². The largest absolute Gasteiger partial charge is 0.368 e. The Morgan fingerprint density at radius 2 is 2.00 bits per heavy atom. The number of carbonyl (C=O) groups is 1. The van der Waals surface area contributed by atoms with Gasteiger partial charge < -0.3 is 15.6 Å². The molecule has 8 heteroatoms. The van der Waals surface area contributed by atoms with Crippen LogP contribution in [0.25, 0.3) is 0 Å². The van der Waals surface area contributed by atoms with Gasteiger partial charge in [0.1, 0.15) is 17.4 Å². The second kappa shape index (κ2) is 6.40. The topological polar surface area (TPSA) is 114 Å². The highest BCUT2D eigenvalue weighted by molar-refractivity contribution is 5.86. The lowest BCUT2D eigenvalue weighted by Crippen LogP contribution is -2.39. The molecule has 1 aliphatic heterocycles. The van der Waals surface area contributed by atoms with Crippen molar-refractivity contribution in [3.05, 3.63) is 28.3 Å². The van der Waals surface area contributed by atoms with Crippen LogP contribution in [0.1, 0.15) is 19.8 Å². The van der Waals surface area contributed by atoms with E-state index in [9.17, 15) is 14.9 Å². The highest BCUT2D eigenvalue weighted by Crippen LogP contribution is 2.32. The fraction of sp³-hybridized carbons (Fsp3) is 0.462. The zero-order valence-corrected chi connectivity index (χ0v) is 11.8. The normalized spacial score (nSPS) is 15.6. The Morgan fingerprint density at radius 1 is 1.38 bits per heavy atom. The van der Waals surface area contributed by atoms with Crippen molar-refractivity contribution in [2.45, 2.75) is 25.8 Å². The Hall–Kier alpha value is -2.35. The van der Waals surface area contributed by atoms with E-state index in [4.69, 9.17) is 5.84 Å². The molecule has 0 spiro atoms. The van der Waals surface area contributed by atoms with Crippen LogP contribution in [-0.4, -0.2) is 34.9 Å². The third-order valence-corrected chi connectivity index (χ3v) is 3.53. The maximum absolute atomic E-state index is 12.2. The first-order valence-electron chi connectivity index (χ1n) is 6.84. The van der Waals surface area contributed by atoms with Crippen LogP contribution in [0.2, 0.25) is 0 Å². The van der Waals surface area contributed by atoms with Crippen molar-refractivity contribution in [3.8, 4) is 0 Å². The van der Waals surface area contributed by atoms with Crippen LogP contribution in [0.5, 0.6) is 0 Å². The number of nitrogen functional groups attached to an aromatic ring is 1. The molecule has 0 bridgehead atoms. The zero-order chi connectivity index (χ0) is 15.4. The van der Waals surface area contributed by atoms with Crippen LogP contribution in [-0.2, 0) is 4.79 Å². The van der Waals surface area contributed by atoms with E-state index in [0.29, 0.717) is 0 Å². The van der Waals surface area contributed by atoms with Gasteiger partial charge in [-0.2, -0.15) is 0 Å². The average Bonchev–Trinajstić information content (AvgIpc) is 2.99. The first-order valence-corrected chi connectivity index (χ1v) is 6.84. The fourth-order valence-corrected chi connectivity index (χ4v) is 2.48. The second-order valence-electron chi connectivity index (χ2n) is 5.00. The molecule has 1 aromatic rings. The third kappa shape index (κ3) is 3.22. The van der Waals surface area contributed by atoms with E-state index in [1.165, 1.54) is 6.07 Å². The minimum absolute atomic E-state index is 0.0482. The summed E-state index contributed by atoms with van der Waals surface area (Å²) in [6.45, 7) is 3.20. The van der Waals surface area contributed by atoms with Crippen LogP contribution in [0.3, 0.4) is 0 Å². The maximum atomic E-state index is 12.2. The lowest BCUT2D eigenvalue weighted by atomic mass is 10.2. The van der Waals surface area contributed by atoms with Gasteiger partial charge in [-0.25, -0.2) is 0 Å². The quantitative estimate of drug-likeness (QED) is 0.428. The van der Waals surface area contributed by atoms with E-state index in [-0.39, 0.29) is 23.0 Å². The average molecular weight is 293 g/mol. The molecule has 0 radical (unpaired) electrons. The number of anilines is 2. The second-order valence-corrected chi connectivity index (χ2v) is 5.00. The zero-order valence-electron chi connectivity index (χ0n) is 11.8. The number of rotatable bonds is 5. The highest BCUT2D eigenvalue weighted by Gasteiger charge is 2.26. The van der Waals surface area contributed by atoms with Crippen LogP contribution < -0.4 is 16.6 Å². The van der Waals surface area contributed by atoms with E-state index in [0.717, 1.165) is 25.9 Å². The predicted molar refractivity (Wildman–Crippen MR) is 79.8 cm³/mol. The molecule has 1 fully saturated rings. The number of nitrogens with one attached hydrogen (secondary N) is 2.